The molecule has 3 aromatic heterocycles. The van der Waals surface area contributed by atoms with Crippen LogP contribution >= 0.6 is 11.3 Å². The molecule has 0 saturated carbocycles. The van der Waals surface area contributed by atoms with Crippen LogP contribution in [-0.4, -0.2) is 33.4 Å². The Labute approximate surface area is 195 Å². The van der Waals surface area contributed by atoms with Crippen LogP contribution in [0.3, 0.4) is 0 Å². The van der Waals surface area contributed by atoms with Crippen molar-refractivity contribution in [1.29, 1.82) is 5.26 Å². The molecule has 0 bridgehead atoms. The normalized spacial score (nSPS) is 13.5. The number of thiophene rings is 1. The van der Waals surface area contributed by atoms with Crippen molar-refractivity contribution in [2.75, 3.05) is 11.9 Å². The lowest BCUT2D eigenvalue weighted by atomic mass is 10.0. The fourth-order valence-electron chi connectivity index (χ4n) is 3.71. The van der Waals surface area contributed by atoms with Crippen LogP contribution in [0.4, 0.5) is 9.80 Å². The summed E-state index contributed by atoms with van der Waals surface area (Å²) in [6.45, 7) is 2.93. The molecule has 1 aliphatic rings. The Morgan fingerprint density at radius 3 is 2.82 bits per heavy atom. The van der Waals surface area contributed by atoms with Gasteiger partial charge in [0.15, 0.2) is 0 Å². The Morgan fingerprint density at radius 1 is 1.27 bits per heavy atom. The van der Waals surface area contributed by atoms with Gasteiger partial charge in [-0.2, -0.15) is 5.26 Å². The highest BCUT2D eigenvalue weighted by Crippen LogP contribution is 2.37. The van der Waals surface area contributed by atoms with E-state index in [2.05, 4.69) is 21.4 Å². The molecule has 4 heterocycles. The van der Waals surface area contributed by atoms with Gasteiger partial charge in [-0.15, -0.1) is 11.3 Å². The third-order valence-electron chi connectivity index (χ3n) is 5.48. The lowest BCUT2D eigenvalue weighted by Crippen LogP contribution is -2.35. The summed E-state index contributed by atoms with van der Waals surface area (Å²) in [5.41, 5.74) is 3.09. The van der Waals surface area contributed by atoms with Gasteiger partial charge in [0.25, 0.3) is 0 Å². The highest BCUT2D eigenvalue weighted by Gasteiger charge is 2.28. The van der Waals surface area contributed by atoms with Crippen LogP contribution in [0.25, 0.3) is 0 Å². The van der Waals surface area contributed by atoms with Crippen LogP contribution in [0.1, 0.15) is 46.5 Å². The van der Waals surface area contributed by atoms with Crippen LogP contribution in [0, 0.1) is 11.3 Å². The smallest absolute Gasteiger partial charge is 0.410 e. The van der Waals surface area contributed by atoms with E-state index in [4.69, 9.17) is 4.74 Å². The summed E-state index contributed by atoms with van der Waals surface area (Å²) < 4.78 is 5.42. The third kappa shape index (κ3) is 5.35. The van der Waals surface area contributed by atoms with E-state index in [1.54, 1.807) is 35.6 Å². The van der Waals surface area contributed by atoms with Gasteiger partial charge in [-0.25, -0.2) is 4.79 Å². The molecule has 168 valence electrons. The number of anilines is 1. The Hall–Kier alpha value is -3.77. The first-order valence-electron chi connectivity index (χ1n) is 10.6. The van der Waals surface area contributed by atoms with Gasteiger partial charge in [-0.05, 0) is 41.8 Å². The fourth-order valence-corrected chi connectivity index (χ4v) is 4.94. The zero-order valence-corrected chi connectivity index (χ0v) is 19.0. The molecule has 4 rings (SSSR count). The van der Waals surface area contributed by atoms with Crippen molar-refractivity contribution >= 4 is 28.3 Å². The summed E-state index contributed by atoms with van der Waals surface area (Å²) in [4.78, 5) is 35.9. The van der Waals surface area contributed by atoms with E-state index >= 15 is 0 Å². The zero-order valence-electron chi connectivity index (χ0n) is 18.2. The van der Waals surface area contributed by atoms with Gasteiger partial charge in [0.05, 0.1) is 12.1 Å². The largest absolute Gasteiger partial charge is 0.445 e. The minimum atomic E-state index is -0.404. The molecule has 0 radical (unpaired) electrons. The summed E-state index contributed by atoms with van der Waals surface area (Å²) in [6, 6.07) is 11.4. The monoisotopic (exact) mass is 461 g/mol. The topological polar surface area (TPSA) is 108 Å². The molecule has 2 amide bonds. The van der Waals surface area contributed by atoms with Crippen molar-refractivity contribution in [2.24, 2.45) is 0 Å². The lowest BCUT2D eigenvalue weighted by Gasteiger charge is -2.26. The molecule has 33 heavy (non-hydrogen) atoms. The first-order chi connectivity index (χ1) is 16.0. The summed E-state index contributed by atoms with van der Waals surface area (Å²) in [5, 5.41) is 13.1. The standard InChI is InChI=1S/C24H23N5O3S/c1-16(20-4-2-3-8-27-20)12-22(30)28-23-19(13-25)18-7-11-29(14-21(18)33-23)24(31)32-15-17-5-9-26-10-6-17/h2-6,8-10,16H,7,11-12,14-15H2,1H3,(H,28,30). The van der Waals surface area contributed by atoms with E-state index < -0.39 is 6.09 Å². The molecule has 1 atom stereocenters. The highest BCUT2D eigenvalue weighted by atomic mass is 32.1. The minimum absolute atomic E-state index is 0.0445. The number of ether oxygens (including phenoxy) is 1. The maximum Gasteiger partial charge on any atom is 0.410 e. The van der Waals surface area contributed by atoms with Gasteiger partial charge in [-0.3, -0.25) is 14.8 Å². The second-order valence-electron chi connectivity index (χ2n) is 7.81. The molecule has 1 aliphatic heterocycles. The number of hydrogen-bond donors (Lipinski definition) is 1. The average molecular weight is 462 g/mol. The van der Waals surface area contributed by atoms with Crippen molar-refractivity contribution < 1.29 is 14.3 Å². The van der Waals surface area contributed by atoms with Crippen molar-refractivity contribution in [3.05, 3.63) is 76.2 Å². The SMILES string of the molecule is CC(CC(=O)Nc1sc2c(c1C#N)CCN(C(=O)OCc1ccncc1)C2)c1ccccn1. The Kier molecular flexibility index (Phi) is 6.95. The number of amides is 2. The summed E-state index contributed by atoms with van der Waals surface area (Å²) in [7, 11) is 0. The minimum Gasteiger partial charge on any atom is -0.445 e. The molecular formula is C24H23N5O3S. The fraction of sp³-hybridized carbons (Fsp3) is 0.292. The first kappa shape index (κ1) is 22.4. The quantitative estimate of drug-likeness (QED) is 0.588. The van der Waals surface area contributed by atoms with Crippen LogP contribution < -0.4 is 5.32 Å². The van der Waals surface area contributed by atoms with Crippen LogP contribution in [0.5, 0.6) is 0 Å². The van der Waals surface area contributed by atoms with E-state index in [-0.39, 0.29) is 24.9 Å². The molecule has 9 heteroatoms. The summed E-state index contributed by atoms with van der Waals surface area (Å²) in [5.74, 6) is -0.214. The number of fused-ring (bicyclic) bond motifs is 1. The van der Waals surface area contributed by atoms with Crippen molar-refractivity contribution in [3.8, 4) is 6.07 Å². The number of nitrogens with zero attached hydrogens (tertiary/aromatic N) is 4. The molecule has 0 aliphatic carbocycles. The van der Waals surface area contributed by atoms with E-state index in [1.165, 1.54) is 11.3 Å². The van der Waals surface area contributed by atoms with Crippen molar-refractivity contribution in [2.45, 2.75) is 38.8 Å². The predicted molar refractivity (Wildman–Crippen MR) is 123 cm³/mol. The Bertz CT molecular complexity index is 1170. The number of carbonyl (C=O) groups excluding carboxylic acids is 2. The maximum atomic E-state index is 12.6. The first-order valence-corrected chi connectivity index (χ1v) is 11.4. The molecule has 3 aromatic rings. The number of nitrogens with one attached hydrogen (secondary N) is 1. The molecule has 1 unspecified atom stereocenters. The van der Waals surface area contributed by atoms with Crippen LogP contribution in [-0.2, 0) is 29.1 Å². The summed E-state index contributed by atoms with van der Waals surface area (Å²) >= 11 is 1.35. The van der Waals surface area contributed by atoms with E-state index in [0.29, 0.717) is 30.1 Å². The number of aromatic nitrogens is 2. The third-order valence-corrected chi connectivity index (χ3v) is 6.61. The predicted octanol–water partition coefficient (Wildman–Crippen LogP) is 4.24. The highest BCUT2D eigenvalue weighted by molar-refractivity contribution is 7.16. The second kappa shape index (κ2) is 10.2. The van der Waals surface area contributed by atoms with Crippen LogP contribution in [0.2, 0.25) is 0 Å². The van der Waals surface area contributed by atoms with Gasteiger partial charge in [0.1, 0.15) is 17.7 Å². The van der Waals surface area contributed by atoms with Gasteiger partial charge in [0, 0.05) is 48.0 Å². The van der Waals surface area contributed by atoms with E-state index in [1.807, 2.05) is 25.1 Å². The van der Waals surface area contributed by atoms with Gasteiger partial charge >= 0.3 is 6.09 Å². The average Bonchev–Trinajstić information content (AvgIpc) is 3.19. The van der Waals surface area contributed by atoms with E-state index in [9.17, 15) is 14.9 Å². The van der Waals surface area contributed by atoms with Crippen LogP contribution in [0.15, 0.2) is 48.9 Å². The number of pyridine rings is 2. The van der Waals surface area contributed by atoms with E-state index in [0.717, 1.165) is 21.7 Å². The maximum absolute atomic E-state index is 12.6. The van der Waals surface area contributed by atoms with Crippen molar-refractivity contribution in [1.82, 2.24) is 14.9 Å². The lowest BCUT2D eigenvalue weighted by molar-refractivity contribution is -0.116. The second-order valence-corrected chi connectivity index (χ2v) is 8.91. The van der Waals surface area contributed by atoms with Gasteiger partial charge in [-0.1, -0.05) is 13.0 Å². The summed E-state index contributed by atoms with van der Waals surface area (Å²) in [6.07, 6.45) is 5.41. The molecule has 0 fully saturated rings. The number of nitriles is 1. The number of carbonyl (C=O) groups is 2. The Morgan fingerprint density at radius 2 is 2.09 bits per heavy atom. The number of rotatable bonds is 6. The number of hydrogen-bond acceptors (Lipinski definition) is 7. The molecule has 0 aromatic carbocycles. The van der Waals surface area contributed by atoms with Gasteiger partial charge < -0.3 is 15.0 Å². The molecule has 0 spiro atoms. The molecule has 8 nitrogen and oxygen atoms in total. The van der Waals surface area contributed by atoms with Gasteiger partial charge in [0.2, 0.25) is 5.91 Å². The molecule has 0 saturated heterocycles. The zero-order chi connectivity index (χ0) is 23.2. The van der Waals surface area contributed by atoms with Crippen molar-refractivity contribution in [3.63, 3.8) is 0 Å². The Balaban J connectivity index is 1.39. The molecule has 1 N–H and O–H groups in total. The molecular weight excluding hydrogens is 438 g/mol.